The van der Waals surface area contributed by atoms with Crippen molar-refractivity contribution in [2.45, 2.75) is 6.42 Å². The second kappa shape index (κ2) is 6.12. The Kier molecular flexibility index (Phi) is 3.98. The lowest BCUT2D eigenvalue weighted by Gasteiger charge is -2.04. The molecule has 0 aliphatic heterocycles. The van der Waals surface area contributed by atoms with Gasteiger partial charge in [0.05, 0.1) is 6.42 Å². The maximum absolute atomic E-state index is 11.1. The molecular weight excluding hydrogens is 326 g/mol. The molecule has 7 heteroatoms. The van der Waals surface area contributed by atoms with Crippen molar-refractivity contribution in [3.05, 3.63) is 48.2 Å². The fourth-order valence-electron chi connectivity index (χ4n) is 2.70. The molecule has 0 aliphatic carbocycles. The van der Waals surface area contributed by atoms with E-state index in [1.165, 1.54) is 36.4 Å². The summed E-state index contributed by atoms with van der Waals surface area (Å²) in [5, 5.41) is 47.7. The van der Waals surface area contributed by atoms with E-state index in [0.29, 0.717) is 28.1 Å². The Morgan fingerprint density at radius 2 is 1.24 bits per heavy atom. The molecule has 0 fully saturated rings. The van der Waals surface area contributed by atoms with Crippen LogP contribution in [-0.2, 0) is 11.2 Å². The van der Waals surface area contributed by atoms with Gasteiger partial charge in [-0.1, -0.05) is 0 Å². The molecule has 3 aromatic rings. The van der Waals surface area contributed by atoms with Crippen LogP contribution in [0.15, 0.2) is 42.5 Å². The number of hydrogen-bond donors (Lipinski definition) is 6. The number of nitrogens with one attached hydrogen (secondary N) is 1. The van der Waals surface area contributed by atoms with Crippen molar-refractivity contribution in [3.8, 4) is 45.4 Å². The first kappa shape index (κ1) is 16.3. The smallest absolute Gasteiger partial charge is 0.309 e. The Balaban J connectivity index is 2.16. The van der Waals surface area contributed by atoms with Gasteiger partial charge in [0, 0.05) is 34.6 Å². The van der Waals surface area contributed by atoms with Gasteiger partial charge >= 0.3 is 5.97 Å². The van der Waals surface area contributed by atoms with E-state index in [-0.39, 0.29) is 29.4 Å². The molecule has 0 atom stereocenters. The molecule has 25 heavy (non-hydrogen) atoms. The maximum Gasteiger partial charge on any atom is 0.309 e. The van der Waals surface area contributed by atoms with Gasteiger partial charge in [-0.25, -0.2) is 0 Å². The van der Waals surface area contributed by atoms with Crippen LogP contribution in [0.1, 0.15) is 5.69 Å². The molecule has 1 aromatic heterocycles. The number of phenolic OH excluding ortho intramolecular Hbond substituents is 4. The van der Waals surface area contributed by atoms with E-state index < -0.39 is 5.97 Å². The number of rotatable bonds is 4. The number of carbonyl (C=O) groups is 1. The van der Waals surface area contributed by atoms with E-state index in [1.54, 1.807) is 6.07 Å². The summed E-state index contributed by atoms with van der Waals surface area (Å²) in [6.07, 6.45) is -0.309. The van der Waals surface area contributed by atoms with E-state index in [1.807, 2.05) is 0 Å². The second-order valence-electron chi connectivity index (χ2n) is 5.62. The molecular formula is C18H15NO6. The zero-order valence-corrected chi connectivity index (χ0v) is 12.9. The minimum atomic E-state index is -1.06. The summed E-state index contributed by atoms with van der Waals surface area (Å²) < 4.78 is 0. The molecule has 0 bridgehead atoms. The van der Waals surface area contributed by atoms with Crippen LogP contribution in [-0.4, -0.2) is 36.5 Å². The highest BCUT2D eigenvalue weighted by Gasteiger charge is 2.16. The van der Waals surface area contributed by atoms with Crippen LogP contribution in [0.2, 0.25) is 0 Å². The van der Waals surface area contributed by atoms with Crippen molar-refractivity contribution in [2.24, 2.45) is 0 Å². The number of hydrogen-bond acceptors (Lipinski definition) is 5. The minimum Gasteiger partial charge on any atom is -0.508 e. The fraction of sp³-hybridized carbons (Fsp3) is 0.0556. The summed E-state index contributed by atoms with van der Waals surface area (Å²) in [4.78, 5) is 14.1. The molecule has 0 saturated heterocycles. The Labute approximate surface area is 142 Å². The number of aromatic nitrogens is 1. The molecule has 1 heterocycles. The quantitative estimate of drug-likeness (QED) is 0.432. The van der Waals surface area contributed by atoms with Gasteiger partial charge in [-0.15, -0.1) is 0 Å². The summed E-state index contributed by atoms with van der Waals surface area (Å²) in [6.45, 7) is 0. The van der Waals surface area contributed by atoms with Gasteiger partial charge in [0.2, 0.25) is 0 Å². The maximum atomic E-state index is 11.1. The summed E-state index contributed by atoms with van der Waals surface area (Å²) >= 11 is 0. The fourth-order valence-corrected chi connectivity index (χ4v) is 2.70. The molecule has 0 aliphatic rings. The summed E-state index contributed by atoms with van der Waals surface area (Å²) in [5.74, 6) is -1.65. The average molecular weight is 341 g/mol. The standard InChI is InChI=1S/C18H15NO6/c20-11-1-9(2-12(21)5-11)15-7-16(19-17(15)8-18(24)25)10-3-13(22)6-14(23)4-10/h1-7,19-23H,8H2,(H,24,25). The molecule has 0 unspecified atom stereocenters. The largest absolute Gasteiger partial charge is 0.508 e. The average Bonchev–Trinajstić information content (AvgIpc) is 2.88. The van der Waals surface area contributed by atoms with Crippen molar-refractivity contribution in [1.82, 2.24) is 4.98 Å². The van der Waals surface area contributed by atoms with Crippen molar-refractivity contribution in [3.63, 3.8) is 0 Å². The van der Waals surface area contributed by atoms with Gasteiger partial charge in [-0.05, 0) is 35.9 Å². The summed E-state index contributed by atoms with van der Waals surface area (Å²) in [5.41, 5.74) is 2.20. The number of aromatic hydroxyl groups is 4. The first-order valence-corrected chi connectivity index (χ1v) is 7.32. The Morgan fingerprint density at radius 3 is 1.72 bits per heavy atom. The van der Waals surface area contributed by atoms with Crippen molar-refractivity contribution in [2.75, 3.05) is 0 Å². The van der Waals surface area contributed by atoms with E-state index in [0.717, 1.165) is 0 Å². The zero-order valence-electron chi connectivity index (χ0n) is 12.9. The number of benzene rings is 2. The van der Waals surface area contributed by atoms with Crippen LogP contribution in [0.5, 0.6) is 23.0 Å². The van der Waals surface area contributed by atoms with Gasteiger partial charge in [0.25, 0.3) is 0 Å². The molecule has 0 spiro atoms. The van der Waals surface area contributed by atoms with Gasteiger partial charge in [-0.2, -0.15) is 0 Å². The van der Waals surface area contributed by atoms with Crippen LogP contribution < -0.4 is 0 Å². The first-order chi connectivity index (χ1) is 11.8. The SMILES string of the molecule is O=C(O)Cc1[nH]c(-c2cc(O)cc(O)c2)cc1-c1cc(O)cc(O)c1. The molecule has 6 N–H and O–H groups in total. The van der Waals surface area contributed by atoms with Crippen LogP contribution in [0.25, 0.3) is 22.4 Å². The van der Waals surface area contributed by atoms with E-state index in [9.17, 15) is 25.2 Å². The molecule has 2 aromatic carbocycles. The molecule has 128 valence electrons. The number of aliphatic carboxylic acids is 1. The normalized spacial score (nSPS) is 10.7. The third-order valence-electron chi connectivity index (χ3n) is 3.65. The molecule has 3 rings (SSSR count). The topological polar surface area (TPSA) is 134 Å². The van der Waals surface area contributed by atoms with E-state index in [4.69, 9.17) is 5.11 Å². The summed E-state index contributed by atoms with van der Waals surface area (Å²) in [6, 6.07) is 9.61. The summed E-state index contributed by atoms with van der Waals surface area (Å²) in [7, 11) is 0. The third kappa shape index (κ3) is 3.50. The van der Waals surface area contributed by atoms with E-state index >= 15 is 0 Å². The Hall–Kier alpha value is -3.61. The number of H-pyrrole nitrogens is 1. The number of phenols is 4. The van der Waals surface area contributed by atoms with Gasteiger partial charge in [-0.3, -0.25) is 4.79 Å². The lowest BCUT2D eigenvalue weighted by Crippen LogP contribution is -2.01. The number of carboxylic acid groups (broad SMARTS) is 1. The number of aromatic amines is 1. The predicted molar refractivity (Wildman–Crippen MR) is 89.7 cm³/mol. The molecule has 0 radical (unpaired) electrons. The lowest BCUT2D eigenvalue weighted by atomic mass is 10.0. The first-order valence-electron chi connectivity index (χ1n) is 7.32. The Morgan fingerprint density at radius 1 is 0.760 bits per heavy atom. The monoisotopic (exact) mass is 341 g/mol. The van der Waals surface area contributed by atoms with Crippen LogP contribution >= 0.6 is 0 Å². The van der Waals surface area contributed by atoms with Gasteiger partial charge < -0.3 is 30.5 Å². The van der Waals surface area contributed by atoms with Crippen molar-refractivity contribution < 1.29 is 30.3 Å². The number of carboxylic acids is 1. The van der Waals surface area contributed by atoms with Crippen LogP contribution in [0, 0.1) is 0 Å². The predicted octanol–water partition coefficient (Wildman–Crippen LogP) is 2.80. The van der Waals surface area contributed by atoms with Crippen molar-refractivity contribution in [1.29, 1.82) is 0 Å². The lowest BCUT2D eigenvalue weighted by molar-refractivity contribution is -0.136. The highest BCUT2D eigenvalue weighted by Crippen LogP contribution is 2.36. The zero-order chi connectivity index (χ0) is 18.1. The highest BCUT2D eigenvalue weighted by atomic mass is 16.4. The highest BCUT2D eigenvalue weighted by molar-refractivity contribution is 5.81. The third-order valence-corrected chi connectivity index (χ3v) is 3.65. The van der Waals surface area contributed by atoms with Gasteiger partial charge in [0.1, 0.15) is 23.0 Å². The van der Waals surface area contributed by atoms with E-state index in [2.05, 4.69) is 4.98 Å². The minimum absolute atomic E-state index is 0.138. The molecule has 0 saturated carbocycles. The van der Waals surface area contributed by atoms with Crippen LogP contribution in [0.3, 0.4) is 0 Å². The van der Waals surface area contributed by atoms with Gasteiger partial charge in [0.15, 0.2) is 0 Å². The van der Waals surface area contributed by atoms with Crippen LogP contribution in [0.4, 0.5) is 0 Å². The Bertz CT molecular complexity index is 920. The molecule has 0 amide bonds. The van der Waals surface area contributed by atoms with Crippen molar-refractivity contribution >= 4 is 5.97 Å². The molecule has 7 nitrogen and oxygen atoms in total. The second-order valence-corrected chi connectivity index (χ2v) is 5.62.